The number of unbranched alkanes of at least 4 members (excludes halogenated alkanes) is 1. The second-order valence-electron chi connectivity index (χ2n) is 6.99. The Bertz CT molecular complexity index is 921. The molecule has 2 aliphatic rings. The molecule has 7 heteroatoms. The molecule has 150 valence electrons. The molecule has 2 heterocycles. The minimum atomic E-state index is -0.832. The van der Waals surface area contributed by atoms with Crippen LogP contribution in [0.15, 0.2) is 48.5 Å². The van der Waals surface area contributed by atoms with Gasteiger partial charge in [0.25, 0.3) is 11.8 Å². The van der Waals surface area contributed by atoms with Crippen molar-refractivity contribution >= 4 is 17.8 Å². The summed E-state index contributed by atoms with van der Waals surface area (Å²) in [5, 5.41) is 0. The Morgan fingerprint density at radius 1 is 0.931 bits per heavy atom. The van der Waals surface area contributed by atoms with E-state index < -0.39 is 18.2 Å². The maximum Gasteiger partial charge on any atom is 0.351 e. The molecule has 0 saturated heterocycles. The quantitative estimate of drug-likeness (QED) is 0.425. The normalized spacial score (nSPS) is 19.8. The third-order valence-corrected chi connectivity index (χ3v) is 4.97. The van der Waals surface area contributed by atoms with Crippen LogP contribution in [0.4, 0.5) is 0 Å². The molecular formula is C22H21NO6. The first-order valence-corrected chi connectivity index (χ1v) is 9.60. The van der Waals surface area contributed by atoms with Crippen molar-refractivity contribution < 1.29 is 28.6 Å². The number of esters is 1. The predicted octanol–water partition coefficient (Wildman–Crippen LogP) is 2.83. The first kappa shape index (κ1) is 19.0. The molecule has 0 radical (unpaired) electrons. The van der Waals surface area contributed by atoms with Crippen molar-refractivity contribution in [1.82, 2.24) is 4.90 Å². The fourth-order valence-electron chi connectivity index (χ4n) is 3.45. The summed E-state index contributed by atoms with van der Waals surface area (Å²) >= 11 is 0. The zero-order chi connectivity index (χ0) is 20.4. The Morgan fingerprint density at radius 3 is 2.17 bits per heavy atom. The Morgan fingerprint density at radius 2 is 1.52 bits per heavy atom. The number of fused-ring (bicyclic) bond motifs is 2. The standard InChI is InChI=1S/C22H21NO6/c1-14-19(29-18-11-5-4-10-17(18)28-14)22(26)27-13-7-6-12-23-20(24)15-8-2-3-9-16(15)21(23)25/h2-5,8-11,14,19H,6-7,12-13H2,1H3/t14-,19+/m0/s1. The lowest BCUT2D eigenvalue weighted by molar-refractivity contribution is -0.157. The number of rotatable bonds is 6. The second-order valence-corrected chi connectivity index (χ2v) is 6.99. The monoisotopic (exact) mass is 395 g/mol. The van der Waals surface area contributed by atoms with Gasteiger partial charge < -0.3 is 14.2 Å². The Labute approximate surface area is 168 Å². The first-order chi connectivity index (χ1) is 14.1. The lowest BCUT2D eigenvalue weighted by atomic mass is 10.1. The number of amides is 2. The zero-order valence-electron chi connectivity index (χ0n) is 16.0. The highest BCUT2D eigenvalue weighted by atomic mass is 16.6. The van der Waals surface area contributed by atoms with Crippen LogP contribution in [0.5, 0.6) is 11.5 Å². The smallest absolute Gasteiger partial charge is 0.351 e. The molecule has 29 heavy (non-hydrogen) atoms. The predicted molar refractivity (Wildman–Crippen MR) is 103 cm³/mol. The number of para-hydroxylation sites is 2. The number of imide groups is 1. The molecule has 2 amide bonds. The summed E-state index contributed by atoms with van der Waals surface area (Å²) in [6.45, 7) is 2.22. The van der Waals surface area contributed by atoms with Crippen LogP contribution < -0.4 is 9.47 Å². The maximum absolute atomic E-state index is 12.3. The molecule has 0 spiro atoms. The van der Waals surface area contributed by atoms with E-state index in [1.54, 1.807) is 49.4 Å². The highest BCUT2D eigenvalue weighted by Gasteiger charge is 2.36. The summed E-state index contributed by atoms with van der Waals surface area (Å²) in [5.41, 5.74) is 0.875. The van der Waals surface area contributed by atoms with Gasteiger partial charge in [-0.05, 0) is 44.0 Å². The molecule has 7 nitrogen and oxygen atoms in total. The van der Waals surface area contributed by atoms with Gasteiger partial charge >= 0.3 is 5.97 Å². The van der Waals surface area contributed by atoms with E-state index in [1.807, 2.05) is 6.07 Å². The number of hydrogen-bond acceptors (Lipinski definition) is 6. The fraction of sp³-hybridized carbons (Fsp3) is 0.318. The molecule has 0 aliphatic carbocycles. The number of nitrogens with zero attached hydrogens (tertiary/aromatic N) is 1. The summed E-state index contributed by atoms with van der Waals surface area (Å²) in [6.07, 6.45) is -0.228. The molecular weight excluding hydrogens is 374 g/mol. The van der Waals surface area contributed by atoms with E-state index >= 15 is 0 Å². The molecule has 0 bridgehead atoms. The molecule has 2 atom stereocenters. The minimum absolute atomic E-state index is 0.177. The molecule has 0 fully saturated rings. The molecule has 2 aliphatic heterocycles. The lowest BCUT2D eigenvalue weighted by Crippen LogP contribution is -2.44. The van der Waals surface area contributed by atoms with Gasteiger partial charge in [-0.1, -0.05) is 24.3 Å². The van der Waals surface area contributed by atoms with Crippen LogP contribution >= 0.6 is 0 Å². The highest BCUT2D eigenvalue weighted by molar-refractivity contribution is 6.21. The Balaban J connectivity index is 1.23. The fourth-order valence-corrected chi connectivity index (χ4v) is 3.45. The second kappa shape index (κ2) is 7.95. The van der Waals surface area contributed by atoms with Crippen LogP contribution in [0.25, 0.3) is 0 Å². The molecule has 2 aromatic rings. The van der Waals surface area contributed by atoms with Crippen LogP contribution in [-0.4, -0.2) is 48.0 Å². The van der Waals surface area contributed by atoms with E-state index in [2.05, 4.69) is 0 Å². The molecule has 0 N–H and O–H groups in total. The van der Waals surface area contributed by atoms with Crippen molar-refractivity contribution in [3.05, 3.63) is 59.7 Å². The molecule has 0 saturated carbocycles. The van der Waals surface area contributed by atoms with Crippen molar-refractivity contribution in [1.29, 1.82) is 0 Å². The van der Waals surface area contributed by atoms with Crippen molar-refractivity contribution in [3.63, 3.8) is 0 Å². The van der Waals surface area contributed by atoms with Crippen molar-refractivity contribution in [3.8, 4) is 11.5 Å². The van der Waals surface area contributed by atoms with Crippen molar-refractivity contribution in [2.45, 2.75) is 32.0 Å². The van der Waals surface area contributed by atoms with Crippen LogP contribution in [0.2, 0.25) is 0 Å². The average Bonchev–Trinajstić information content (AvgIpc) is 2.98. The number of carbonyl (C=O) groups excluding carboxylic acids is 3. The number of hydrogen-bond donors (Lipinski definition) is 0. The largest absolute Gasteiger partial charge is 0.482 e. The van der Waals surface area contributed by atoms with Gasteiger partial charge in [-0.3, -0.25) is 14.5 Å². The molecule has 0 unspecified atom stereocenters. The summed E-state index contributed by atoms with van der Waals surface area (Å²) in [6, 6.07) is 14.0. The van der Waals surface area contributed by atoms with Gasteiger partial charge in [-0.25, -0.2) is 4.79 Å². The van der Waals surface area contributed by atoms with Gasteiger partial charge in [-0.15, -0.1) is 0 Å². The van der Waals surface area contributed by atoms with Crippen LogP contribution in [0.1, 0.15) is 40.5 Å². The molecule has 0 aromatic heterocycles. The van der Waals surface area contributed by atoms with Gasteiger partial charge in [0.1, 0.15) is 6.10 Å². The number of ether oxygens (including phenoxy) is 3. The van der Waals surface area contributed by atoms with Gasteiger partial charge in [0.15, 0.2) is 11.5 Å². The maximum atomic E-state index is 12.3. The summed E-state index contributed by atoms with van der Waals surface area (Å²) < 4.78 is 16.7. The van der Waals surface area contributed by atoms with Gasteiger partial charge in [0.2, 0.25) is 6.10 Å². The van der Waals surface area contributed by atoms with Gasteiger partial charge in [0.05, 0.1) is 17.7 Å². The van der Waals surface area contributed by atoms with Gasteiger partial charge in [0, 0.05) is 6.54 Å². The zero-order valence-corrected chi connectivity index (χ0v) is 16.0. The lowest BCUT2D eigenvalue weighted by Gasteiger charge is -2.30. The van der Waals surface area contributed by atoms with E-state index in [1.165, 1.54) is 4.90 Å². The highest BCUT2D eigenvalue weighted by Crippen LogP contribution is 2.33. The summed E-state index contributed by atoms with van der Waals surface area (Å²) in [5.74, 6) is 0.0709. The van der Waals surface area contributed by atoms with E-state index in [-0.39, 0.29) is 25.0 Å². The van der Waals surface area contributed by atoms with Gasteiger partial charge in [-0.2, -0.15) is 0 Å². The van der Waals surface area contributed by atoms with Crippen molar-refractivity contribution in [2.24, 2.45) is 0 Å². The van der Waals surface area contributed by atoms with E-state index in [9.17, 15) is 14.4 Å². The Kier molecular flexibility index (Phi) is 5.20. The molecule has 4 rings (SSSR count). The van der Waals surface area contributed by atoms with E-state index in [4.69, 9.17) is 14.2 Å². The van der Waals surface area contributed by atoms with Crippen LogP contribution in [0, 0.1) is 0 Å². The van der Waals surface area contributed by atoms with Crippen molar-refractivity contribution in [2.75, 3.05) is 13.2 Å². The first-order valence-electron chi connectivity index (χ1n) is 9.60. The number of carbonyl (C=O) groups is 3. The average molecular weight is 395 g/mol. The third kappa shape index (κ3) is 3.68. The summed E-state index contributed by atoms with van der Waals surface area (Å²) in [7, 11) is 0. The van der Waals surface area contributed by atoms with E-state index in [0.717, 1.165) is 0 Å². The van der Waals surface area contributed by atoms with Crippen LogP contribution in [0.3, 0.4) is 0 Å². The minimum Gasteiger partial charge on any atom is -0.482 e. The summed E-state index contributed by atoms with van der Waals surface area (Å²) in [4.78, 5) is 38.2. The van der Waals surface area contributed by atoms with Crippen LogP contribution in [-0.2, 0) is 9.53 Å². The third-order valence-electron chi connectivity index (χ3n) is 4.97. The SMILES string of the molecule is C[C@@H]1Oc2ccccc2O[C@H]1C(=O)OCCCCN1C(=O)c2ccccc2C1=O. The molecule has 2 aromatic carbocycles. The Hall–Kier alpha value is -3.35. The topological polar surface area (TPSA) is 82.1 Å². The number of benzene rings is 2. The van der Waals surface area contributed by atoms with E-state index in [0.29, 0.717) is 35.5 Å².